The van der Waals surface area contributed by atoms with Gasteiger partial charge in [0.2, 0.25) is 0 Å². The molecule has 1 fully saturated rings. The summed E-state index contributed by atoms with van der Waals surface area (Å²) in [5.74, 6) is -0.774. The van der Waals surface area contributed by atoms with Crippen molar-refractivity contribution in [3.05, 3.63) is 51.8 Å². The Morgan fingerprint density at radius 1 is 1.27 bits per heavy atom. The number of aromatic nitrogens is 1. The molecule has 5 heteroatoms. The summed E-state index contributed by atoms with van der Waals surface area (Å²) in [5.41, 5.74) is 1.96. The molecule has 1 saturated carbocycles. The van der Waals surface area contributed by atoms with Gasteiger partial charge in [-0.25, -0.2) is 4.79 Å². The molecular weight excluding hydrogens is 344 g/mol. The third-order valence-electron chi connectivity index (χ3n) is 4.25. The molecule has 1 N–H and O–H groups in total. The van der Waals surface area contributed by atoms with Gasteiger partial charge in [0.25, 0.3) is 0 Å². The Bertz CT molecular complexity index is 750. The van der Waals surface area contributed by atoms with Gasteiger partial charge in [0, 0.05) is 16.4 Å². The topological polar surface area (TPSA) is 66.0 Å². The zero-order valence-corrected chi connectivity index (χ0v) is 13.5. The lowest BCUT2D eigenvalue weighted by Gasteiger charge is -2.07. The van der Waals surface area contributed by atoms with Gasteiger partial charge in [0.1, 0.15) is 11.8 Å². The second kappa shape index (κ2) is 5.98. The van der Waals surface area contributed by atoms with Crippen molar-refractivity contribution in [1.29, 1.82) is 5.26 Å². The molecule has 3 rings (SSSR count). The molecule has 1 heterocycles. The van der Waals surface area contributed by atoms with Crippen molar-refractivity contribution in [2.75, 3.05) is 0 Å². The van der Waals surface area contributed by atoms with E-state index in [2.05, 4.69) is 22.0 Å². The standard InChI is InChI=1S/C17H15BrN2O2/c18-12-5-7-13(8-6-12)20-10-14(11-3-1-2-4-11)16(17(21)22)15(20)9-19/h5-8,10-11H,1-4H2,(H,21,22). The fourth-order valence-electron chi connectivity index (χ4n) is 3.21. The van der Waals surface area contributed by atoms with Crippen LogP contribution in [0.15, 0.2) is 34.9 Å². The molecule has 1 aromatic carbocycles. The van der Waals surface area contributed by atoms with Gasteiger partial charge in [0.05, 0.1) is 5.56 Å². The van der Waals surface area contributed by atoms with Crippen LogP contribution in [0.4, 0.5) is 0 Å². The van der Waals surface area contributed by atoms with E-state index >= 15 is 0 Å². The average Bonchev–Trinajstić information content (AvgIpc) is 3.14. The maximum absolute atomic E-state index is 11.7. The summed E-state index contributed by atoms with van der Waals surface area (Å²) in [6.07, 6.45) is 6.07. The molecule has 2 aromatic rings. The maximum atomic E-state index is 11.7. The van der Waals surface area contributed by atoms with Crippen LogP contribution in [-0.4, -0.2) is 15.6 Å². The van der Waals surface area contributed by atoms with E-state index in [4.69, 9.17) is 0 Å². The highest BCUT2D eigenvalue weighted by atomic mass is 79.9. The number of halogens is 1. The summed E-state index contributed by atoms with van der Waals surface area (Å²) in [6.45, 7) is 0. The van der Waals surface area contributed by atoms with E-state index in [0.717, 1.165) is 41.4 Å². The maximum Gasteiger partial charge on any atom is 0.338 e. The Morgan fingerprint density at radius 3 is 2.45 bits per heavy atom. The van der Waals surface area contributed by atoms with E-state index in [0.29, 0.717) is 0 Å². The second-order valence-electron chi connectivity index (χ2n) is 5.55. The van der Waals surface area contributed by atoms with Gasteiger partial charge in [0.15, 0.2) is 0 Å². The lowest BCUT2D eigenvalue weighted by atomic mass is 9.96. The predicted molar refractivity (Wildman–Crippen MR) is 86.4 cm³/mol. The minimum Gasteiger partial charge on any atom is -0.478 e. The number of nitriles is 1. The minimum atomic E-state index is -1.02. The monoisotopic (exact) mass is 358 g/mol. The van der Waals surface area contributed by atoms with Gasteiger partial charge in [-0.3, -0.25) is 0 Å². The first kappa shape index (κ1) is 14.9. The quantitative estimate of drug-likeness (QED) is 0.880. The van der Waals surface area contributed by atoms with Crippen LogP contribution in [0.5, 0.6) is 0 Å². The molecule has 112 valence electrons. The number of rotatable bonds is 3. The third-order valence-corrected chi connectivity index (χ3v) is 4.78. The molecular formula is C17H15BrN2O2. The zero-order valence-electron chi connectivity index (χ0n) is 11.9. The first-order valence-corrected chi connectivity index (χ1v) is 8.05. The molecule has 0 unspecified atom stereocenters. The lowest BCUT2D eigenvalue weighted by molar-refractivity contribution is 0.0695. The Kier molecular flexibility index (Phi) is 4.04. The molecule has 0 radical (unpaired) electrons. The van der Waals surface area contributed by atoms with Gasteiger partial charge in [-0.2, -0.15) is 5.26 Å². The SMILES string of the molecule is N#Cc1c(C(=O)O)c(C2CCCC2)cn1-c1ccc(Br)cc1. The summed E-state index contributed by atoms with van der Waals surface area (Å²) in [7, 11) is 0. The van der Waals surface area contributed by atoms with Gasteiger partial charge >= 0.3 is 5.97 Å². The van der Waals surface area contributed by atoms with Gasteiger partial charge < -0.3 is 9.67 Å². The van der Waals surface area contributed by atoms with E-state index in [1.54, 1.807) is 4.57 Å². The van der Waals surface area contributed by atoms with E-state index in [1.165, 1.54) is 0 Å². The van der Waals surface area contributed by atoms with Gasteiger partial charge in [-0.1, -0.05) is 28.8 Å². The Hall–Kier alpha value is -2.06. The highest BCUT2D eigenvalue weighted by molar-refractivity contribution is 9.10. The van der Waals surface area contributed by atoms with E-state index in [-0.39, 0.29) is 17.2 Å². The van der Waals surface area contributed by atoms with Crippen LogP contribution >= 0.6 is 15.9 Å². The first-order chi connectivity index (χ1) is 10.6. The Labute approximate surface area is 137 Å². The molecule has 0 bridgehead atoms. The molecule has 1 aromatic heterocycles. The number of benzene rings is 1. The Balaban J connectivity index is 2.18. The smallest absolute Gasteiger partial charge is 0.338 e. The Morgan fingerprint density at radius 2 is 1.91 bits per heavy atom. The van der Waals surface area contributed by atoms with Gasteiger partial charge in [-0.15, -0.1) is 0 Å². The van der Waals surface area contributed by atoms with Crippen molar-refractivity contribution in [3.63, 3.8) is 0 Å². The average molecular weight is 359 g/mol. The summed E-state index contributed by atoms with van der Waals surface area (Å²) in [6, 6.07) is 9.58. The largest absolute Gasteiger partial charge is 0.478 e. The fraction of sp³-hybridized carbons (Fsp3) is 0.294. The molecule has 4 nitrogen and oxygen atoms in total. The number of carbonyl (C=O) groups is 1. The van der Waals surface area contributed by atoms with Crippen molar-refractivity contribution in [2.24, 2.45) is 0 Å². The van der Waals surface area contributed by atoms with E-state index in [9.17, 15) is 15.2 Å². The predicted octanol–water partition coefficient (Wildman–Crippen LogP) is 4.47. The van der Waals surface area contributed by atoms with Crippen LogP contribution < -0.4 is 0 Å². The number of aromatic carboxylic acids is 1. The molecule has 1 aliphatic carbocycles. The molecule has 0 aliphatic heterocycles. The highest BCUT2D eigenvalue weighted by Gasteiger charge is 2.28. The fourth-order valence-corrected chi connectivity index (χ4v) is 3.48. The van der Waals surface area contributed by atoms with E-state index in [1.807, 2.05) is 30.5 Å². The molecule has 22 heavy (non-hydrogen) atoms. The van der Waals surface area contributed by atoms with Crippen LogP contribution in [0, 0.1) is 11.3 Å². The first-order valence-electron chi connectivity index (χ1n) is 7.26. The molecule has 0 atom stereocenters. The zero-order chi connectivity index (χ0) is 15.7. The van der Waals surface area contributed by atoms with Crippen LogP contribution in [0.25, 0.3) is 5.69 Å². The van der Waals surface area contributed by atoms with Crippen LogP contribution in [0.1, 0.15) is 53.2 Å². The van der Waals surface area contributed by atoms with Crippen molar-refractivity contribution in [2.45, 2.75) is 31.6 Å². The van der Waals surface area contributed by atoms with E-state index < -0.39 is 5.97 Å². The van der Waals surface area contributed by atoms with Crippen LogP contribution in [0.3, 0.4) is 0 Å². The number of carboxylic acids is 1. The minimum absolute atomic E-state index is 0.164. The third kappa shape index (κ3) is 2.55. The van der Waals surface area contributed by atoms with Crippen molar-refractivity contribution in [3.8, 4) is 11.8 Å². The summed E-state index contributed by atoms with van der Waals surface area (Å²) >= 11 is 3.38. The lowest BCUT2D eigenvalue weighted by Crippen LogP contribution is -2.05. The van der Waals surface area contributed by atoms with Crippen molar-refractivity contribution in [1.82, 2.24) is 4.57 Å². The molecule has 1 aliphatic rings. The van der Waals surface area contributed by atoms with Crippen molar-refractivity contribution >= 4 is 21.9 Å². The number of hydrogen-bond donors (Lipinski definition) is 1. The summed E-state index contributed by atoms with van der Waals surface area (Å²) < 4.78 is 2.64. The van der Waals surface area contributed by atoms with Crippen LogP contribution in [-0.2, 0) is 0 Å². The highest BCUT2D eigenvalue weighted by Crippen LogP contribution is 2.38. The number of carboxylic acid groups (broad SMARTS) is 1. The number of hydrogen-bond acceptors (Lipinski definition) is 2. The normalized spacial score (nSPS) is 14.9. The van der Waals surface area contributed by atoms with Gasteiger partial charge in [-0.05, 0) is 48.6 Å². The summed E-state index contributed by atoms with van der Waals surface area (Å²) in [5, 5.41) is 19.0. The summed E-state index contributed by atoms with van der Waals surface area (Å²) in [4.78, 5) is 11.7. The second-order valence-corrected chi connectivity index (χ2v) is 6.47. The number of nitrogens with zero attached hydrogens (tertiary/aromatic N) is 2. The molecule has 0 saturated heterocycles. The van der Waals surface area contributed by atoms with Crippen LogP contribution in [0.2, 0.25) is 0 Å². The molecule has 0 spiro atoms. The van der Waals surface area contributed by atoms with Crippen molar-refractivity contribution < 1.29 is 9.90 Å². The molecule has 0 amide bonds.